The van der Waals surface area contributed by atoms with Gasteiger partial charge in [0, 0.05) is 30.6 Å². The van der Waals surface area contributed by atoms with Gasteiger partial charge in [-0.05, 0) is 42.0 Å². The number of unbranched alkanes of at least 4 members (excludes halogenated alkanes) is 1. The highest BCUT2D eigenvalue weighted by Crippen LogP contribution is 2.23. The number of fused-ring (bicyclic) bond motifs is 1. The first-order chi connectivity index (χ1) is 18.0. The molecule has 0 saturated carbocycles. The molecular weight excluding hydrogens is 474 g/mol. The minimum Gasteiger partial charge on any atom is -0.466 e. The maximum Gasteiger partial charge on any atom is 0.411 e. The molecule has 37 heavy (non-hydrogen) atoms. The van der Waals surface area contributed by atoms with Gasteiger partial charge in [-0.1, -0.05) is 60.7 Å². The maximum absolute atomic E-state index is 12.3. The van der Waals surface area contributed by atoms with Crippen LogP contribution in [0.1, 0.15) is 24.0 Å². The summed E-state index contributed by atoms with van der Waals surface area (Å²) < 4.78 is 9.77. The van der Waals surface area contributed by atoms with Gasteiger partial charge in [0.25, 0.3) is 5.91 Å². The van der Waals surface area contributed by atoms with Crippen molar-refractivity contribution in [2.24, 2.45) is 0 Å². The topological polar surface area (TPSA) is 117 Å². The molecular formula is C28H31N3O6. The lowest BCUT2D eigenvalue weighted by Crippen LogP contribution is -2.27. The lowest BCUT2D eigenvalue weighted by molar-refractivity contribution is -0.159. The monoisotopic (exact) mass is 505 g/mol. The van der Waals surface area contributed by atoms with Gasteiger partial charge in [-0.3, -0.25) is 15.3 Å². The third-order valence-corrected chi connectivity index (χ3v) is 5.54. The molecule has 3 aromatic rings. The predicted octanol–water partition coefficient (Wildman–Crippen LogP) is 4.41. The van der Waals surface area contributed by atoms with Gasteiger partial charge in [0.15, 0.2) is 0 Å². The van der Waals surface area contributed by atoms with Gasteiger partial charge in [0.2, 0.25) is 0 Å². The van der Waals surface area contributed by atoms with Crippen LogP contribution >= 0.6 is 0 Å². The summed E-state index contributed by atoms with van der Waals surface area (Å²) in [4.78, 5) is 34.9. The summed E-state index contributed by atoms with van der Waals surface area (Å²) >= 11 is 0. The van der Waals surface area contributed by atoms with Crippen molar-refractivity contribution < 1.29 is 29.1 Å². The molecule has 3 N–H and O–H groups in total. The van der Waals surface area contributed by atoms with Crippen LogP contribution in [-0.2, 0) is 32.2 Å². The zero-order chi connectivity index (χ0) is 26.5. The van der Waals surface area contributed by atoms with Crippen molar-refractivity contribution in [1.82, 2.24) is 10.4 Å². The van der Waals surface area contributed by atoms with E-state index in [0.29, 0.717) is 30.3 Å². The average Bonchev–Trinajstić information content (AvgIpc) is 2.92. The number of nitrogens with one attached hydrogen (secondary N) is 2. The Labute approximate surface area is 215 Å². The third-order valence-electron chi connectivity index (χ3n) is 5.54. The van der Waals surface area contributed by atoms with Crippen LogP contribution in [0.3, 0.4) is 0 Å². The molecule has 0 heterocycles. The highest BCUT2D eigenvalue weighted by atomic mass is 16.5. The Morgan fingerprint density at radius 2 is 1.65 bits per heavy atom. The molecule has 9 nitrogen and oxygen atoms in total. The van der Waals surface area contributed by atoms with E-state index in [1.807, 2.05) is 66.7 Å². The molecule has 0 bridgehead atoms. The second-order valence-corrected chi connectivity index (χ2v) is 8.25. The number of esters is 1. The van der Waals surface area contributed by atoms with Crippen molar-refractivity contribution >= 4 is 34.4 Å². The molecule has 0 unspecified atom stereocenters. The van der Waals surface area contributed by atoms with Crippen LogP contribution in [-0.4, -0.2) is 48.4 Å². The molecule has 0 aliphatic rings. The van der Waals surface area contributed by atoms with Crippen molar-refractivity contribution in [3.63, 3.8) is 0 Å². The highest BCUT2D eigenvalue weighted by molar-refractivity contribution is 6.00. The van der Waals surface area contributed by atoms with E-state index in [4.69, 9.17) is 4.74 Å². The number of nitrogens with zero attached hydrogens (tertiary/aromatic N) is 1. The van der Waals surface area contributed by atoms with E-state index in [-0.39, 0.29) is 13.2 Å². The zero-order valence-electron chi connectivity index (χ0n) is 20.7. The van der Waals surface area contributed by atoms with E-state index in [0.717, 1.165) is 40.5 Å². The van der Waals surface area contributed by atoms with Crippen LogP contribution in [0.5, 0.6) is 0 Å². The van der Waals surface area contributed by atoms with Gasteiger partial charge in [-0.15, -0.1) is 0 Å². The lowest BCUT2D eigenvalue weighted by Gasteiger charge is -2.12. The first-order valence-corrected chi connectivity index (χ1v) is 11.9. The zero-order valence-corrected chi connectivity index (χ0v) is 20.7. The molecule has 0 aliphatic heterocycles. The molecule has 0 radical (unpaired) electrons. The number of ether oxygens (including phenoxy) is 2. The quantitative estimate of drug-likeness (QED) is 0.110. The highest BCUT2D eigenvalue weighted by Gasteiger charge is 2.08. The Hall–Kier alpha value is -4.21. The van der Waals surface area contributed by atoms with Gasteiger partial charge in [0.1, 0.15) is 6.61 Å². The number of anilines is 1. The summed E-state index contributed by atoms with van der Waals surface area (Å²) in [6.45, 7) is 1.69. The molecule has 0 aliphatic carbocycles. The summed E-state index contributed by atoms with van der Waals surface area (Å²) in [5.74, 6) is -1.33. The Balaban J connectivity index is 1.31. The first kappa shape index (κ1) is 27.4. The van der Waals surface area contributed by atoms with Crippen LogP contribution in [0.2, 0.25) is 0 Å². The minimum absolute atomic E-state index is 0.162. The Kier molecular flexibility index (Phi) is 10.6. The van der Waals surface area contributed by atoms with Crippen LogP contribution in [0.25, 0.3) is 10.8 Å². The SMILES string of the molecule is COC(=O)/C=C/C(=O)N(O)CCCCNCc1ccc(COC(=O)Nc2cccc3ccccc23)cc1. The summed E-state index contributed by atoms with van der Waals surface area (Å²) in [7, 11) is 1.21. The van der Waals surface area contributed by atoms with Crippen LogP contribution < -0.4 is 10.6 Å². The van der Waals surface area contributed by atoms with Crippen molar-refractivity contribution in [2.75, 3.05) is 25.5 Å². The van der Waals surface area contributed by atoms with E-state index in [1.54, 1.807) is 0 Å². The van der Waals surface area contributed by atoms with Gasteiger partial charge in [-0.2, -0.15) is 0 Å². The van der Waals surface area contributed by atoms with E-state index < -0.39 is 18.0 Å². The number of carbonyl (C=O) groups excluding carboxylic acids is 3. The van der Waals surface area contributed by atoms with Crippen molar-refractivity contribution in [3.05, 3.63) is 90.0 Å². The maximum atomic E-state index is 12.3. The standard InChI is InChI=1S/C28H31N3O6/c1-36-27(33)16-15-26(32)31(35)18-5-4-17-29-19-21-11-13-22(14-12-21)20-37-28(34)30-25-10-6-8-23-7-2-3-9-24(23)25/h2-3,6-16,29,35H,4-5,17-20H2,1H3,(H,30,34)/b16-15+. The number of amides is 2. The fourth-order valence-electron chi connectivity index (χ4n) is 3.53. The number of carbonyl (C=O) groups is 3. The minimum atomic E-state index is -0.673. The first-order valence-electron chi connectivity index (χ1n) is 11.9. The smallest absolute Gasteiger partial charge is 0.411 e. The van der Waals surface area contributed by atoms with Crippen molar-refractivity contribution in [1.29, 1.82) is 0 Å². The predicted molar refractivity (Wildman–Crippen MR) is 140 cm³/mol. The van der Waals surface area contributed by atoms with E-state index in [1.165, 1.54) is 7.11 Å². The van der Waals surface area contributed by atoms with Gasteiger partial charge < -0.3 is 14.8 Å². The molecule has 194 valence electrons. The lowest BCUT2D eigenvalue weighted by atomic mass is 10.1. The summed E-state index contributed by atoms with van der Waals surface area (Å²) in [5.41, 5.74) is 2.67. The molecule has 0 fully saturated rings. The summed E-state index contributed by atoms with van der Waals surface area (Å²) in [6, 6.07) is 21.3. The summed E-state index contributed by atoms with van der Waals surface area (Å²) in [6.07, 6.45) is 2.77. The van der Waals surface area contributed by atoms with Gasteiger partial charge >= 0.3 is 12.1 Å². The van der Waals surface area contributed by atoms with Crippen molar-refractivity contribution in [2.45, 2.75) is 26.0 Å². The largest absolute Gasteiger partial charge is 0.466 e. The van der Waals surface area contributed by atoms with Crippen molar-refractivity contribution in [3.8, 4) is 0 Å². The number of methoxy groups -OCH3 is 1. The number of benzene rings is 3. The molecule has 0 spiro atoms. The van der Waals surface area contributed by atoms with Crippen LogP contribution in [0.4, 0.5) is 10.5 Å². The molecule has 2 amide bonds. The molecule has 3 aromatic carbocycles. The Morgan fingerprint density at radius 1 is 0.919 bits per heavy atom. The summed E-state index contributed by atoms with van der Waals surface area (Å²) in [5, 5.41) is 18.4. The molecule has 0 saturated heterocycles. The normalized spacial score (nSPS) is 10.9. The number of hydrogen-bond donors (Lipinski definition) is 3. The number of hydroxylamine groups is 2. The van der Waals surface area contributed by atoms with E-state index in [9.17, 15) is 19.6 Å². The van der Waals surface area contributed by atoms with E-state index in [2.05, 4.69) is 15.4 Å². The van der Waals surface area contributed by atoms with Crippen LogP contribution in [0.15, 0.2) is 78.9 Å². The van der Waals surface area contributed by atoms with Crippen LogP contribution in [0, 0.1) is 0 Å². The third kappa shape index (κ3) is 9.06. The van der Waals surface area contributed by atoms with Gasteiger partial charge in [-0.25, -0.2) is 14.7 Å². The Bertz CT molecular complexity index is 1220. The molecule has 3 rings (SSSR count). The molecule has 9 heteroatoms. The fraction of sp³-hybridized carbons (Fsp3) is 0.250. The van der Waals surface area contributed by atoms with Gasteiger partial charge in [0.05, 0.1) is 12.8 Å². The average molecular weight is 506 g/mol. The van der Waals surface area contributed by atoms with E-state index >= 15 is 0 Å². The number of rotatable bonds is 12. The molecule has 0 aromatic heterocycles. The Morgan fingerprint density at radius 3 is 2.43 bits per heavy atom. The second kappa shape index (κ2) is 14.4. The number of hydrogen-bond acceptors (Lipinski definition) is 7. The molecule has 0 atom stereocenters. The fourth-order valence-corrected chi connectivity index (χ4v) is 3.53. The second-order valence-electron chi connectivity index (χ2n) is 8.25.